The number of nitrogens with zero attached hydrogens (tertiary/aromatic N) is 1. The molecule has 7 heteroatoms. The third kappa shape index (κ3) is 3.44. The molecule has 104 valence electrons. The summed E-state index contributed by atoms with van der Waals surface area (Å²) in [5, 5.41) is 5.61. The Morgan fingerprint density at radius 3 is 2.95 bits per heavy atom. The Kier molecular flexibility index (Phi) is 4.04. The molecule has 1 unspecified atom stereocenters. The van der Waals surface area contributed by atoms with Crippen LogP contribution in [0.5, 0.6) is 0 Å². The van der Waals surface area contributed by atoms with Gasteiger partial charge in [-0.3, -0.25) is 4.79 Å². The van der Waals surface area contributed by atoms with Crippen LogP contribution < -0.4 is 10.6 Å². The minimum Gasteiger partial charge on any atom is -0.372 e. The van der Waals surface area contributed by atoms with Gasteiger partial charge in [0.05, 0.1) is 17.1 Å². The number of anilines is 1. The fourth-order valence-corrected chi connectivity index (χ4v) is 3.82. The molecule has 2 heterocycles. The maximum atomic E-state index is 12.1. The molecule has 0 radical (unpaired) electrons. The first-order chi connectivity index (χ1) is 9.02. The Balaban J connectivity index is 2.09. The van der Waals surface area contributed by atoms with E-state index in [1.165, 1.54) is 0 Å². The van der Waals surface area contributed by atoms with Gasteiger partial charge < -0.3 is 10.6 Å². The average molecular weight is 283 g/mol. The van der Waals surface area contributed by atoms with E-state index >= 15 is 0 Å². The lowest BCUT2D eigenvalue weighted by molar-refractivity contribution is 0.0939. The maximum Gasteiger partial charge on any atom is 0.255 e. The van der Waals surface area contributed by atoms with Gasteiger partial charge in [-0.25, -0.2) is 13.4 Å². The monoisotopic (exact) mass is 283 g/mol. The molecule has 19 heavy (non-hydrogen) atoms. The summed E-state index contributed by atoms with van der Waals surface area (Å²) in [5.74, 6) is 0.431. The highest BCUT2D eigenvalue weighted by molar-refractivity contribution is 7.91. The van der Waals surface area contributed by atoms with Crippen LogP contribution in [0.4, 0.5) is 5.82 Å². The maximum absolute atomic E-state index is 12.1. The summed E-state index contributed by atoms with van der Waals surface area (Å²) in [4.78, 5) is 16.2. The second-order valence-electron chi connectivity index (χ2n) is 4.58. The summed E-state index contributed by atoms with van der Waals surface area (Å²) in [6, 6.07) is 3.02. The first-order valence-electron chi connectivity index (χ1n) is 6.16. The second kappa shape index (κ2) is 5.56. The predicted molar refractivity (Wildman–Crippen MR) is 72.9 cm³/mol. The van der Waals surface area contributed by atoms with Crippen LogP contribution in [0, 0.1) is 0 Å². The summed E-state index contributed by atoms with van der Waals surface area (Å²) < 4.78 is 23.1. The van der Waals surface area contributed by atoms with E-state index in [9.17, 15) is 13.2 Å². The lowest BCUT2D eigenvalue weighted by atomic mass is 10.1. The first-order valence-corrected chi connectivity index (χ1v) is 7.98. The van der Waals surface area contributed by atoms with Crippen molar-refractivity contribution in [2.75, 3.05) is 23.9 Å². The molecule has 0 bridgehead atoms. The first kappa shape index (κ1) is 13.8. The van der Waals surface area contributed by atoms with Crippen LogP contribution in [-0.2, 0) is 9.84 Å². The fourth-order valence-electron chi connectivity index (χ4n) is 2.19. The molecule has 1 fully saturated rings. The molecule has 1 aromatic rings. The number of nitrogens with one attached hydrogen (secondary N) is 2. The molecule has 1 amide bonds. The molecule has 1 saturated heterocycles. The molecule has 1 aliphatic rings. The largest absolute Gasteiger partial charge is 0.372 e. The van der Waals surface area contributed by atoms with Gasteiger partial charge in [-0.15, -0.1) is 0 Å². The highest BCUT2D eigenvalue weighted by Gasteiger charge is 2.26. The van der Waals surface area contributed by atoms with Crippen LogP contribution in [0.15, 0.2) is 18.3 Å². The highest BCUT2D eigenvalue weighted by atomic mass is 32.2. The number of hydrogen-bond acceptors (Lipinski definition) is 5. The van der Waals surface area contributed by atoms with E-state index in [1.807, 2.05) is 0 Å². The summed E-state index contributed by atoms with van der Waals surface area (Å²) in [6.45, 7) is 0. The molecule has 0 aromatic carbocycles. The molecule has 2 rings (SSSR count). The van der Waals surface area contributed by atoms with Gasteiger partial charge in [-0.2, -0.15) is 0 Å². The summed E-state index contributed by atoms with van der Waals surface area (Å²) in [7, 11) is -1.34. The zero-order chi connectivity index (χ0) is 13.9. The van der Waals surface area contributed by atoms with Crippen molar-refractivity contribution in [1.29, 1.82) is 0 Å². The zero-order valence-electron chi connectivity index (χ0n) is 10.7. The van der Waals surface area contributed by atoms with E-state index in [1.54, 1.807) is 25.4 Å². The Labute approximate surface area is 112 Å². The normalized spacial score (nSPS) is 21.6. The van der Waals surface area contributed by atoms with Gasteiger partial charge in [0.25, 0.3) is 5.91 Å². The van der Waals surface area contributed by atoms with Crippen LogP contribution in [0.2, 0.25) is 0 Å². The van der Waals surface area contributed by atoms with Crippen molar-refractivity contribution >= 4 is 21.6 Å². The average Bonchev–Trinajstić information content (AvgIpc) is 2.37. The number of sulfone groups is 1. The van der Waals surface area contributed by atoms with Gasteiger partial charge in [0.15, 0.2) is 9.84 Å². The van der Waals surface area contributed by atoms with Crippen molar-refractivity contribution in [3.05, 3.63) is 23.9 Å². The van der Waals surface area contributed by atoms with Crippen molar-refractivity contribution in [2.45, 2.75) is 18.9 Å². The van der Waals surface area contributed by atoms with E-state index in [0.717, 1.165) is 0 Å². The van der Waals surface area contributed by atoms with E-state index in [4.69, 9.17) is 0 Å². The SMILES string of the molecule is CNc1ncccc1C(=O)NC1CCCS(=O)(=O)C1. The van der Waals surface area contributed by atoms with Gasteiger partial charge >= 0.3 is 0 Å². The summed E-state index contributed by atoms with van der Waals surface area (Å²) in [5.41, 5.74) is 0.424. The zero-order valence-corrected chi connectivity index (χ0v) is 11.5. The second-order valence-corrected chi connectivity index (χ2v) is 6.81. The van der Waals surface area contributed by atoms with E-state index < -0.39 is 9.84 Å². The topological polar surface area (TPSA) is 88.2 Å². The van der Waals surface area contributed by atoms with Crippen LogP contribution in [0.25, 0.3) is 0 Å². The lowest BCUT2D eigenvalue weighted by Crippen LogP contribution is -2.43. The minimum absolute atomic E-state index is 0.0217. The fraction of sp³-hybridized carbons (Fsp3) is 0.500. The van der Waals surface area contributed by atoms with Gasteiger partial charge in [-0.1, -0.05) is 0 Å². The van der Waals surface area contributed by atoms with Crippen LogP contribution in [0.1, 0.15) is 23.2 Å². The Morgan fingerprint density at radius 2 is 2.26 bits per heavy atom. The molecule has 1 aromatic heterocycles. The number of rotatable bonds is 3. The van der Waals surface area contributed by atoms with Gasteiger partial charge in [0.2, 0.25) is 0 Å². The Morgan fingerprint density at radius 1 is 1.47 bits per heavy atom. The van der Waals surface area contributed by atoms with Gasteiger partial charge in [-0.05, 0) is 25.0 Å². The molecule has 1 atom stereocenters. The molecule has 0 saturated carbocycles. The molecule has 0 spiro atoms. The molecule has 1 aliphatic heterocycles. The smallest absolute Gasteiger partial charge is 0.255 e. The number of amides is 1. The van der Waals surface area contributed by atoms with Crippen molar-refractivity contribution in [3.8, 4) is 0 Å². The number of carbonyl (C=O) groups excluding carboxylic acids is 1. The summed E-state index contributed by atoms with van der Waals surface area (Å²) >= 11 is 0. The Bertz CT molecular complexity index is 571. The van der Waals surface area contributed by atoms with E-state index in [2.05, 4.69) is 15.6 Å². The Hall–Kier alpha value is -1.63. The van der Waals surface area contributed by atoms with Crippen LogP contribution in [0.3, 0.4) is 0 Å². The molecule has 2 N–H and O–H groups in total. The quantitative estimate of drug-likeness (QED) is 0.840. The predicted octanol–water partition coefficient (Wildman–Crippen LogP) is 0.430. The number of hydrogen-bond donors (Lipinski definition) is 2. The molecular formula is C12H17N3O3S. The summed E-state index contributed by atoms with van der Waals surface area (Å²) in [6.07, 6.45) is 2.88. The van der Waals surface area contributed by atoms with Gasteiger partial charge in [0.1, 0.15) is 5.82 Å². The van der Waals surface area contributed by atoms with Crippen molar-refractivity contribution < 1.29 is 13.2 Å². The van der Waals surface area contributed by atoms with Crippen molar-refractivity contribution in [1.82, 2.24) is 10.3 Å². The van der Waals surface area contributed by atoms with E-state index in [0.29, 0.717) is 24.2 Å². The van der Waals surface area contributed by atoms with Crippen molar-refractivity contribution in [3.63, 3.8) is 0 Å². The number of aromatic nitrogens is 1. The minimum atomic E-state index is -3.02. The molecule has 0 aliphatic carbocycles. The standard InChI is InChI=1S/C12H17N3O3S/c1-13-11-10(5-2-6-14-11)12(16)15-9-4-3-7-19(17,18)8-9/h2,5-6,9H,3-4,7-8H2,1H3,(H,13,14)(H,15,16). The lowest BCUT2D eigenvalue weighted by Gasteiger charge is -2.23. The van der Waals surface area contributed by atoms with Crippen LogP contribution in [-0.4, -0.2) is 43.9 Å². The van der Waals surface area contributed by atoms with E-state index in [-0.39, 0.29) is 23.5 Å². The van der Waals surface area contributed by atoms with Gasteiger partial charge in [0, 0.05) is 19.3 Å². The molecule has 6 nitrogen and oxygen atoms in total. The molecular weight excluding hydrogens is 266 g/mol. The van der Waals surface area contributed by atoms with Crippen LogP contribution >= 0.6 is 0 Å². The highest BCUT2D eigenvalue weighted by Crippen LogP contribution is 2.15. The van der Waals surface area contributed by atoms with Crippen molar-refractivity contribution in [2.24, 2.45) is 0 Å². The third-order valence-electron chi connectivity index (χ3n) is 3.09. The number of carbonyl (C=O) groups is 1. The third-order valence-corrected chi connectivity index (χ3v) is 4.91. The number of pyridine rings is 1.